The van der Waals surface area contributed by atoms with Crippen LogP contribution in [0.2, 0.25) is 0 Å². The molecule has 0 aromatic carbocycles. The highest BCUT2D eigenvalue weighted by molar-refractivity contribution is 5.07. The molecule has 1 rings (SSSR count). The summed E-state index contributed by atoms with van der Waals surface area (Å²) in [6.45, 7) is 4.35. The van der Waals surface area contributed by atoms with E-state index in [9.17, 15) is 0 Å². The molecular weight excluding hydrogens is 162 g/mol. The van der Waals surface area contributed by atoms with Gasteiger partial charge < -0.3 is 0 Å². The Balaban J connectivity index is 2.27. The molecule has 0 saturated heterocycles. The second-order valence-corrected chi connectivity index (χ2v) is 3.38. The molecule has 0 radical (unpaired) electrons. The number of aromatic nitrogens is 3. The number of H-pyrrole nitrogens is 1. The van der Waals surface area contributed by atoms with Crippen molar-refractivity contribution in [2.45, 2.75) is 52.4 Å². The van der Waals surface area contributed by atoms with Crippen molar-refractivity contribution in [2.24, 2.45) is 0 Å². The lowest BCUT2D eigenvalue weighted by Crippen LogP contribution is -1.92. The van der Waals surface area contributed by atoms with E-state index in [4.69, 9.17) is 0 Å². The number of nitrogens with zero attached hydrogens (tertiary/aromatic N) is 2. The fourth-order valence-corrected chi connectivity index (χ4v) is 1.48. The summed E-state index contributed by atoms with van der Waals surface area (Å²) in [5, 5.41) is 10.9. The molecule has 0 saturated carbocycles. The number of hydrogen-bond donors (Lipinski definition) is 1. The van der Waals surface area contributed by atoms with Gasteiger partial charge >= 0.3 is 0 Å². The van der Waals surface area contributed by atoms with Crippen LogP contribution < -0.4 is 0 Å². The van der Waals surface area contributed by atoms with Gasteiger partial charge in [0.1, 0.15) is 0 Å². The van der Waals surface area contributed by atoms with Crippen LogP contribution in [0, 0.1) is 0 Å². The number of aryl methyl sites for hydroxylation is 2. The molecular formula is C10H19N3. The fourth-order valence-electron chi connectivity index (χ4n) is 1.48. The zero-order valence-corrected chi connectivity index (χ0v) is 8.64. The van der Waals surface area contributed by atoms with Gasteiger partial charge in [-0.2, -0.15) is 15.4 Å². The summed E-state index contributed by atoms with van der Waals surface area (Å²) in [6.07, 6.45) is 7.25. The normalized spacial score (nSPS) is 10.6. The van der Waals surface area contributed by atoms with E-state index in [1.165, 1.54) is 31.4 Å². The largest absolute Gasteiger partial charge is 0.197 e. The lowest BCUT2D eigenvalue weighted by atomic mass is 10.1. The average Bonchev–Trinajstić information content (AvgIpc) is 2.60. The van der Waals surface area contributed by atoms with Gasteiger partial charge in [-0.05, 0) is 19.3 Å². The maximum atomic E-state index is 4.15. The molecule has 1 aromatic heterocycles. The van der Waals surface area contributed by atoms with Gasteiger partial charge in [-0.15, -0.1) is 0 Å². The van der Waals surface area contributed by atoms with Crippen molar-refractivity contribution >= 4 is 0 Å². The Morgan fingerprint density at radius 3 is 2.46 bits per heavy atom. The molecule has 1 aromatic rings. The standard InChI is InChI=1S/C10H19N3/c1-3-5-6-7-8-10-9(4-2)11-13-12-10/h3-8H2,1-2H3,(H,11,12,13). The zero-order chi connectivity index (χ0) is 9.52. The summed E-state index contributed by atoms with van der Waals surface area (Å²) in [7, 11) is 0. The van der Waals surface area contributed by atoms with Crippen molar-refractivity contribution in [3.63, 3.8) is 0 Å². The molecule has 3 heteroatoms. The van der Waals surface area contributed by atoms with Gasteiger partial charge in [-0.25, -0.2) is 0 Å². The summed E-state index contributed by atoms with van der Waals surface area (Å²) < 4.78 is 0. The molecule has 0 bridgehead atoms. The van der Waals surface area contributed by atoms with Gasteiger partial charge in [-0.1, -0.05) is 33.1 Å². The van der Waals surface area contributed by atoms with Gasteiger partial charge in [-0.3, -0.25) is 0 Å². The van der Waals surface area contributed by atoms with Gasteiger partial charge in [0.2, 0.25) is 0 Å². The van der Waals surface area contributed by atoms with E-state index in [0.29, 0.717) is 0 Å². The van der Waals surface area contributed by atoms with Crippen LogP contribution in [-0.2, 0) is 12.8 Å². The predicted octanol–water partition coefficient (Wildman–Crippen LogP) is 2.49. The minimum absolute atomic E-state index is 0.986. The Kier molecular flexibility index (Phi) is 4.50. The molecule has 0 aliphatic heterocycles. The number of unbranched alkanes of at least 4 members (excludes halogenated alkanes) is 3. The Morgan fingerprint density at radius 2 is 1.77 bits per heavy atom. The van der Waals surface area contributed by atoms with Crippen molar-refractivity contribution in [3.05, 3.63) is 11.4 Å². The van der Waals surface area contributed by atoms with Gasteiger partial charge in [0.05, 0.1) is 11.4 Å². The molecule has 13 heavy (non-hydrogen) atoms. The van der Waals surface area contributed by atoms with E-state index < -0.39 is 0 Å². The molecule has 1 heterocycles. The van der Waals surface area contributed by atoms with Crippen LogP contribution in [0.25, 0.3) is 0 Å². The average molecular weight is 181 g/mol. The topological polar surface area (TPSA) is 41.6 Å². The van der Waals surface area contributed by atoms with Crippen molar-refractivity contribution in [1.82, 2.24) is 15.4 Å². The molecule has 74 valence electrons. The first kappa shape index (κ1) is 10.2. The van der Waals surface area contributed by atoms with E-state index >= 15 is 0 Å². The molecule has 0 atom stereocenters. The van der Waals surface area contributed by atoms with Crippen LogP contribution >= 0.6 is 0 Å². The first-order chi connectivity index (χ1) is 6.38. The fraction of sp³-hybridized carbons (Fsp3) is 0.800. The Morgan fingerprint density at radius 1 is 1.00 bits per heavy atom. The zero-order valence-electron chi connectivity index (χ0n) is 8.64. The Hall–Kier alpha value is -0.860. The van der Waals surface area contributed by atoms with Crippen LogP contribution in [0.3, 0.4) is 0 Å². The minimum Gasteiger partial charge on any atom is -0.197 e. The summed E-state index contributed by atoms with van der Waals surface area (Å²) in [5.74, 6) is 0. The highest BCUT2D eigenvalue weighted by Crippen LogP contribution is 2.08. The van der Waals surface area contributed by atoms with Crippen LogP contribution in [0.5, 0.6) is 0 Å². The first-order valence-corrected chi connectivity index (χ1v) is 5.27. The highest BCUT2D eigenvalue weighted by Gasteiger charge is 2.04. The van der Waals surface area contributed by atoms with Crippen LogP contribution in [0.15, 0.2) is 0 Å². The maximum absolute atomic E-state index is 4.15. The molecule has 0 aliphatic rings. The third kappa shape index (κ3) is 3.17. The van der Waals surface area contributed by atoms with E-state index in [1.54, 1.807) is 0 Å². The summed E-state index contributed by atoms with van der Waals surface area (Å²) in [4.78, 5) is 0. The number of aromatic amines is 1. The predicted molar refractivity (Wildman–Crippen MR) is 53.6 cm³/mol. The summed E-state index contributed by atoms with van der Waals surface area (Å²) in [5.41, 5.74) is 2.30. The van der Waals surface area contributed by atoms with Crippen molar-refractivity contribution in [2.75, 3.05) is 0 Å². The number of hydrogen-bond acceptors (Lipinski definition) is 2. The van der Waals surface area contributed by atoms with E-state index in [2.05, 4.69) is 29.3 Å². The minimum atomic E-state index is 0.986. The van der Waals surface area contributed by atoms with Gasteiger partial charge in [0.25, 0.3) is 0 Å². The number of nitrogens with one attached hydrogen (secondary N) is 1. The molecule has 0 amide bonds. The first-order valence-electron chi connectivity index (χ1n) is 5.27. The van der Waals surface area contributed by atoms with Gasteiger partial charge in [0, 0.05) is 0 Å². The third-order valence-electron chi connectivity index (χ3n) is 2.31. The molecule has 0 aliphatic carbocycles. The van der Waals surface area contributed by atoms with E-state index in [1.807, 2.05) is 0 Å². The van der Waals surface area contributed by atoms with E-state index in [-0.39, 0.29) is 0 Å². The summed E-state index contributed by atoms with van der Waals surface area (Å²) >= 11 is 0. The summed E-state index contributed by atoms with van der Waals surface area (Å²) in [6, 6.07) is 0. The second-order valence-electron chi connectivity index (χ2n) is 3.38. The lowest BCUT2D eigenvalue weighted by molar-refractivity contribution is 0.657. The second kappa shape index (κ2) is 5.73. The number of rotatable bonds is 6. The molecule has 3 nitrogen and oxygen atoms in total. The molecule has 0 fully saturated rings. The molecule has 0 spiro atoms. The third-order valence-corrected chi connectivity index (χ3v) is 2.31. The Labute approximate surface area is 79.9 Å². The quantitative estimate of drug-likeness (QED) is 0.685. The maximum Gasteiger partial charge on any atom is 0.0856 e. The molecule has 0 unspecified atom stereocenters. The SMILES string of the molecule is CCCCCCc1n[nH]nc1CC. The van der Waals surface area contributed by atoms with Crippen LogP contribution in [0.4, 0.5) is 0 Å². The monoisotopic (exact) mass is 181 g/mol. The highest BCUT2D eigenvalue weighted by atomic mass is 15.3. The van der Waals surface area contributed by atoms with Crippen molar-refractivity contribution < 1.29 is 0 Å². The van der Waals surface area contributed by atoms with Crippen LogP contribution in [-0.4, -0.2) is 15.4 Å². The van der Waals surface area contributed by atoms with Crippen LogP contribution in [0.1, 0.15) is 50.9 Å². The van der Waals surface area contributed by atoms with Crippen molar-refractivity contribution in [1.29, 1.82) is 0 Å². The Bertz CT molecular complexity index is 230. The van der Waals surface area contributed by atoms with E-state index in [0.717, 1.165) is 18.5 Å². The smallest absolute Gasteiger partial charge is 0.0856 e. The molecule has 1 N–H and O–H groups in total. The van der Waals surface area contributed by atoms with Gasteiger partial charge in [0.15, 0.2) is 0 Å². The lowest BCUT2D eigenvalue weighted by Gasteiger charge is -1.97. The van der Waals surface area contributed by atoms with Crippen molar-refractivity contribution in [3.8, 4) is 0 Å².